The van der Waals surface area contributed by atoms with Gasteiger partial charge >= 0.3 is 0 Å². The van der Waals surface area contributed by atoms with Gasteiger partial charge in [-0.05, 0) is 29.3 Å². The van der Waals surface area contributed by atoms with Crippen molar-refractivity contribution < 1.29 is 4.79 Å². The van der Waals surface area contributed by atoms with Gasteiger partial charge < -0.3 is 4.90 Å². The third-order valence-corrected chi connectivity index (χ3v) is 3.59. The highest BCUT2D eigenvalue weighted by Crippen LogP contribution is 2.26. The third-order valence-electron chi connectivity index (χ3n) is 3.59. The summed E-state index contributed by atoms with van der Waals surface area (Å²) in [6.07, 6.45) is 7.12. The normalized spacial score (nSPS) is 15.3. The van der Waals surface area contributed by atoms with Gasteiger partial charge in [0.2, 0.25) is 5.91 Å². The molecule has 1 amide bonds. The molecule has 1 aromatic heterocycles. The molecule has 20 heavy (non-hydrogen) atoms. The molecule has 0 aliphatic carbocycles. The zero-order chi connectivity index (χ0) is 13.8. The van der Waals surface area contributed by atoms with Gasteiger partial charge in [0.15, 0.2) is 0 Å². The minimum Gasteiger partial charge on any atom is -0.338 e. The molecule has 0 N–H and O–H groups in total. The van der Waals surface area contributed by atoms with Crippen LogP contribution in [0.1, 0.15) is 17.0 Å². The Bertz CT molecular complexity index is 601. The molecule has 100 valence electrons. The molecular weight excluding hydrogens is 248 g/mol. The molecule has 0 unspecified atom stereocenters. The smallest absolute Gasteiger partial charge is 0.246 e. The van der Waals surface area contributed by atoms with Gasteiger partial charge in [0, 0.05) is 37.5 Å². The minimum atomic E-state index is 0.0826. The van der Waals surface area contributed by atoms with Crippen LogP contribution >= 0.6 is 0 Å². The van der Waals surface area contributed by atoms with E-state index in [-0.39, 0.29) is 5.91 Å². The van der Waals surface area contributed by atoms with Crippen molar-refractivity contribution in [2.45, 2.75) is 5.92 Å². The predicted octanol–water partition coefficient (Wildman–Crippen LogP) is 2.72. The lowest BCUT2D eigenvalue weighted by atomic mass is 9.92. The number of nitrogens with zero attached hydrogens (tertiary/aromatic N) is 2. The van der Waals surface area contributed by atoms with E-state index in [9.17, 15) is 4.79 Å². The van der Waals surface area contributed by atoms with E-state index in [1.165, 1.54) is 5.56 Å². The lowest BCUT2D eigenvalue weighted by molar-refractivity contribution is -0.130. The van der Waals surface area contributed by atoms with Crippen LogP contribution in [-0.2, 0) is 4.79 Å². The second kappa shape index (κ2) is 5.70. The number of hydrogen-bond acceptors (Lipinski definition) is 2. The summed E-state index contributed by atoms with van der Waals surface area (Å²) in [5.41, 5.74) is 2.31. The van der Waals surface area contributed by atoms with Gasteiger partial charge in [-0.15, -0.1) is 0 Å². The molecule has 2 heterocycles. The van der Waals surface area contributed by atoms with Crippen molar-refractivity contribution in [1.29, 1.82) is 0 Å². The van der Waals surface area contributed by atoms with Gasteiger partial charge in [-0.2, -0.15) is 0 Å². The molecule has 0 spiro atoms. The lowest BCUT2D eigenvalue weighted by Gasteiger charge is -2.38. The molecule has 0 saturated carbocycles. The number of aromatic nitrogens is 1. The second-order valence-electron chi connectivity index (χ2n) is 4.96. The minimum absolute atomic E-state index is 0.0826. The SMILES string of the molecule is O=C(/C=C/c1ccccc1)N1CC(c2ccncc2)C1. The first kappa shape index (κ1) is 12.6. The summed E-state index contributed by atoms with van der Waals surface area (Å²) in [6, 6.07) is 13.9. The zero-order valence-corrected chi connectivity index (χ0v) is 11.1. The van der Waals surface area contributed by atoms with Crippen molar-refractivity contribution in [2.75, 3.05) is 13.1 Å². The average molecular weight is 264 g/mol. The van der Waals surface area contributed by atoms with Gasteiger partial charge in [0.05, 0.1) is 0 Å². The van der Waals surface area contributed by atoms with Crippen molar-refractivity contribution in [3.8, 4) is 0 Å². The maximum atomic E-state index is 12.0. The van der Waals surface area contributed by atoms with Crippen LogP contribution in [0.3, 0.4) is 0 Å². The lowest BCUT2D eigenvalue weighted by Crippen LogP contribution is -2.47. The standard InChI is InChI=1S/C17H16N2O/c20-17(7-6-14-4-2-1-3-5-14)19-12-16(13-19)15-8-10-18-11-9-15/h1-11,16H,12-13H2/b7-6+. The van der Waals surface area contributed by atoms with E-state index in [1.807, 2.05) is 53.4 Å². The first-order chi connectivity index (χ1) is 9.83. The molecule has 3 rings (SSSR count). The number of hydrogen-bond donors (Lipinski definition) is 0. The summed E-state index contributed by atoms with van der Waals surface area (Å²) in [4.78, 5) is 17.9. The first-order valence-corrected chi connectivity index (χ1v) is 6.75. The van der Waals surface area contributed by atoms with Crippen molar-refractivity contribution in [1.82, 2.24) is 9.88 Å². The van der Waals surface area contributed by atoms with Gasteiger partial charge in [0.1, 0.15) is 0 Å². The maximum Gasteiger partial charge on any atom is 0.246 e. The Balaban J connectivity index is 1.55. The van der Waals surface area contributed by atoms with E-state index in [0.717, 1.165) is 18.7 Å². The summed E-state index contributed by atoms with van der Waals surface area (Å²) < 4.78 is 0. The zero-order valence-electron chi connectivity index (χ0n) is 11.1. The van der Waals surface area contributed by atoms with E-state index >= 15 is 0 Å². The Morgan fingerprint density at radius 1 is 1.10 bits per heavy atom. The second-order valence-corrected chi connectivity index (χ2v) is 4.96. The number of rotatable bonds is 3. The maximum absolute atomic E-state index is 12.0. The fourth-order valence-electron chi connectivity index (χ4n) is 2.34. The molecule has 1 aromatic carbocycles. The molecule has 1 aliphatic heterocycles. The molecular formula is C17H16N2O. The van der Waals surface area contributed by atoms with Crippen molar-refractivity contribution in [3.63, 3.8) is 0 Å². The van der Waals surface area contributed by atoms with Crippen LogP contribution in [0.4, 0.5) is 0 Å². The van der Waals surface area contributed by atoms with Crippen molar-refractivity contribution in [2.24, 2.45) is 0 Å². The van der Waals surface area contributed by atoms with Crippen molar-refractivity contribution >= 4 is 12.0 Å². The van der Waals surface area contributed by atoms with Crippen LogP contribution in [-0.4, -0.2) is 28.9 Å². The number of carbonyl (C=O) groups is 1. The number of likely N-dealkylation sites (tertiary alicyclic amines) is 1. The number of benzene rings is 1. The van der Waals surface area contributed by atoms with Crippen molar-refractivity contribution in [3.05, 3.63) is 72.1 Å². The fourth-order valence-corrected chi connectivity index (χ4v) is 2.34. The quantitative estimate of drug-likeness (QED) is 0.799. The van der Waals surface area contributed by atoms with Crippen LogP contribution < -0.4 is 0 Å². The topological polar surface area (TPSA) is 33.2 Å². The molecule has 0 radical (unpaired) electrons. The molecule has 3 heteroatoms. The fraction of sp³-hybridized carbons (Fsp3) is 0.176. The summed E-state index contributed by atoms with van der Waals surface area (Å²) in [7, 11) is 0. The summed E-state index contributed by atoms with van der Waals surface area (Å²) >= 11 is 0. The third kappa shape index (κ3) is 2.77. The van der Waals surface area contributed by atoms with Crippen LogP contribution in [0.5, 0.6) is 0 Å². The number of pyridine rings is 1. The largest absolute Gasteiger partial charge is 0.338 e. The molecule has 3 nitrogen and oxygen atoms in total. The van der Waals surface area contributed by atoms with Gasteiger partial charge in [-0.1, -0.05) is 30.3 Å². The molecule has 1 aliphatic rings. The Hall–Kier alpha value is -2.42. The summed E-state index contributed by atoms with van der Waals surface area (Å²) in [6.45, 7) is 1.59. The average Bonchev–Trinajstić information content (AvgIpc) is 2.46. The first-order valence-electron chi connectivity index (χ1n) is 6.75. The van der Waals surface area contributed by atoms with Gasteiger partial charge in [-0.3, -0.25) is 9.78 Å². The summed E-state index contributed by atoms with van der Waals surface area (Å²) in [5, 5.41) is 0. The van der Waals surface area contributed by atoms with Gasteiger partial charge in [0.25, 0.3) is 0 Å². The Labute approximate surface area is 118 Å². The highest BCUT2D eigenvalue weighted by molar-refractivity contribution is 5.92. The highest BCUT2D eigenvalue weighted by atomic mass is 16.2. The molecule has 0 atom stereocenters. The highest BCUT2D eigenvalue weighted by Gasteiger charge is 2.30. The van der Waals surface area contributed by atoms with E-state index in [2.05, 4.69) is 4.98 Å². The van der Waals surface area contributed by atoms with Crippen LogP contribution in [0.25, 0.3) is 6.08 Å². The Kier molecular flexibility index (Phi) is 3.59. The Morgan fingerprint density at radius 3 is 2.50 bits per heavy atom. The number of amides is 1. The molecule has 1 fully saturated rings. The Morgan fingerprint density at radius 2 is 1.80 bits per heavy atom. The summed E-state index contributed by atoms with van der Waals surface area (Å²) in [5.74, 6) is 0.534. The van der Waals surface area contributed by atoms with E-state index in [0.29, 0.717) is 5.92 Å². The monoisotopic (exact) mass is 264 g/mol. The van der Waals surface area contributed by atoms with E-state index < -0.39 is 0 Å². The van der Waals surface area contributed by atoms with Gasteiger partial charge in [-0.25, -0.2) is 0 Å². The van der Waals surface area contributed by atoms with Crippen LogP contribution in [0, 0.1) is 0 Å². The predicted molar refractivity (Wildman–Crippen MR) is 79.0 cm³/mol. The molecule has 0 bridgehead atoms. The van der Waals surface area contributed by atoms with Crippen LogP contribution in [0.15, 0.2) is 60.9 Å². The number of carbonyl (C=O) groups excluding carboxylic acids is 1. The molecule has 2 aromatic rings. The van der Waals surface area contributed by atoms with E-state index in [4.69, 9.17) is 0 Å². The molecule has 1 saturated heterocycles. The van der Waals surface area contributed by atoms with Crippen LogP contribution in [0.2, 0.25) is 0 Å². The van der Waals surface area contributed by atoms with E-state index in [1.54, 1.807) is 18.5 Å².